The van der Waals surface area contributed by atoms with Crippen LogP contribution >= 0.6 is 0 Å². The molecule has 1 fully saturated rings. The molecule has 22 heavy (non-hydrogen) atoms. The van der Waals surface area contributed by atoms with Crippen LogP contribution in [0.3, 0.4) is 0 Å². The molecule has 0 radical (unpaired) electrons. The van der Waals surface area contributed by atoms with E-state index >= 15 is 0 Å². The number of nitrogens with one attached hydrogen (secondary N) is 2. The van der Waals surface area contributed by atoms with E-state index < -0.39 is 0 Å². The normalized spacial score (nSPS) is 14.9. The lowest BCUT2D eigenvalue weighted by Gasteiger charge is -2.10. The predicted octanol–water partition coefficient (Wildman–Crippen LogP) is 2.15. The third-order valence-electron chi connectivity index (χ3n) is 3.58. The standard InChI is InChI=1S/C17H23N5/c1-2-18-17(21-16-7-8-16)19-12-14-5-3-6-15(11-14)13-22-10-4-9-20-22/h3-6,9-11,16H,2,7-8,12-13H2,1H3,(H2,18,19,21). The van der Waals surface area contributed by atoms with Crippen LogP contribution in [0, 0.1) is 0 Å². The number of benzene rings is 1. The fraction of sp³-hybridized carbons (Fsp3) is 0.412. The number of hydrogen-bond acceptors (Lipinski definition) is 2. The molecular formula is C17H23N5. The van der Waals surface area contributed by atoms with Gasteiger partial charge in [-0.15, -0.1) is 0 Å². The average molecular weight is 297 g/mol. The molecule has 1 saturated carbocycles. The summed E-state index contributed by atoms with van der Waals surface area (Å²) < 4.78 is 1.93. The van der Waals surface area contributed by atoms with Crippen molar-refractivity contribution in [1.29, 1.82) is 0 Å². The van der Waals surface area contributed by atoms with E-state index in [2.05, 4.69) is 51.9 Å². The van der Waals surface area contributed by atoms with Gasteiger partial charge in [0.2, 0.25) is 0 Å². The SMILES string of the molecule is CCNC(=NCc1cccc(Cn2cccn2)c1)NC1CC1. The molecule has 1 aromatic heterocycles. The highest BCUT2D eigenvalue weighted by molar-refractivity contribution is 5.80. The number of guanidine groups is 1. The van der Waals surface area contributed by atoms with Crippen molar-refractivity contribution in [2.45, 2.75) is 38.9 Å². The van der Waals surface area contributed by atoms with E-state index in [1.54, 1.807) is 6.20 Å². The molecule has 5 heteroatoms. The molecular weight excluding hydrogens is 274 g/mol. The average Bonchev–Trinajstić information content (AvgIpc) is 3.19. The summed E-state index contributed by atoms with van der Waals surface area (Å²) in [6.07, 6.45) is 6.29. The van der Waals surface area contributed by atoms with Gasteiger partial charge in [-0.3, -0.25) is 4.68 Å². The largest absolute Gasteiger partial charge is 0.357 e. The van der Waals surface area contributed by atoms with Gasteiger partial charge in [-0.1, -0.05) is 24.3 Å². The Morgan fingerprint density at radius 2 is 2.18 bits per heavy atom. The molecule has 3 rings (SSSR count). The van der Waals surface area contributed by atoms with Crippen molar-refractivity contribution in [1.82, 2.24) is 20.4 Å². The summed E-state index contributed by atoms with van der Waals surface area (Å²) in [5.41, 5.74) is 2.47. The lowest BCUT2D eigenvalue weighted by molar-refractivity contribution is 0.686. The van der Waals surface area contributed by atoms with Crippen LogP contribution in [0.5, 0.6) is 0 Å². The molecule has 0 aliphatic heterocycles. The maximum Gasteiger partial charge on any atom is 0.191 e. The molecule has 0 bridgehead atoms. The maximum atomic E-state index is 4.67. The first-order valence-corrected chi connectivity index (χ1v) is 7.93. The predicted molar refractivity (Wildman–Crippen MR) is 88.7 cm³/mol. The van der Waals surface area contributed by atoms with Gasteiger partial charge in [0.15, 0.2) is 5.96 Å². The van der Waals surface area contributed by atoms with E-state index in [1.165, 1.54) is 24.0 Å². The van der Waals surface area contributed by atoms with Crippen LogP contribution in [0.1, 0.15) is 30.9 Å². The molecule has 0 atom stereocenters. The van der Waals surface area contributed by atoms with Crippen LogP contribution < -0.4 is 10.6 Å². The van der Waals surface area contributed by atoms with E-state index in [4.69, 9.17) is 0 Å². The Morgan fingerprint density at radius 1 is 1.32 bits per heavy atom. The summed E-state index contributed by atoms with van der Waals surface area (Å²) in [5.74, 6) is 0.919. The third-order valence-corrected chi connectivity index (χ3v) is 3.58. The smallest absolute Gasteiger partial charge is 0.191 e. The minimum atomic E-state index is 0.615. The van der Waals surface area contributed by atoms with E-state index in [1.807, 2.05) is 16.9 Å². The molecule has 0 spiro atoms. The van der Waals surface area contributed by atoms with Crippen LogP contribution in [0.15, 0.2) is 47.7 Å². The van der Waals surface area contributed by atoms with Gasteiger partial charge in [0.25, 0.3) is 0 Å². The molecule has 116 valence electrons. The zero-order valence-electron chi connectivity index (χ0n) is 13.0. The molecule has 0 amide bonds. The molecule has 1 aromatic carbocycles. The van der Waals surface area contributed by atoms with Gasteiger partial charge in [-0.05, 0) is 37.0 Å². The van der Waals surface area contributed by atoms with Gasteiger partial charge in [0.05, 0.1) is 13.1 Å². The first-order valence-electron chi connectivity index (χ1n) is 7.93. The first-order chi connectivity index (χ1) is 10.8. The van der Waals surface area contributed by atoms with Crippen LogP contribution in [0.2, 0.25) is 0 Å². The second-order valence-electron chi connectivity index (χ2n) is 5.64. The minimum absolute atomic E-state index is 0.615. The number of hydrogen-bond donors (Lipinski definition) is 2. The second-order valence-corrected chi connectivity index (χ2v) is 5.64. The van der Waals surface area contributed by atoms with Crippen LogP contribution in [-0.2, 0) is 13.1 Å². The summed E-state index contributed by atoms with van der Waals surface area (Å²) >= 11 is 0. The number of rotatable bonds is 6. The summed E-state index contributed by atoms with van der Waals surface area (Å²) in [5, 5.41) is 11.0. The summed E-state index contributed by atoms with van der Waals surface area (Å²) in [6.45, 7) is 4.46. The van der Waals surface area contributed by atoms with Gasteiger partial charge >= 0.3 is 0 Å². The molecule has 2 aromatic rings. The van der Waals surface area contributed by atoms with E-state index in [9.17, 15) is 0 Å². The zero-order chi connectivity index (χ0) is 15.2. The quantitative estimate of drug-likeness (QED) is 0.634. The number of nitrogens with zero attached hydrogens (tertiary/aromatic N) is 3. The fourth-order valence-electron chi connectivity index (χ4n) is 2.32. The van der Waals surface area contributed by atoms with Crippen molar-refractivity contribution >= 4 is 5.96 Å². The Bertz CT molecular complexity index is 614. The van der Waals surface area contributed by atoms with Crippen LogP contribution in [0.4, 0.5) is 0 Å². The van der Waals surface area contributed by atoms with E-state index in [0.717, 1.165) is 19.0 Å². The third kappa shape index (κ3) is 4.35. The van der Waals surface area contributed by atoms with Crippen molar-refractivity contribution in [3.05, 3.63) is 53.9 Å². The zero-order valence-corrected chi connectivity index (χ0v) is 13.0. The maximum absolute atomic E-state index is 4.67. The summed E-state index contributed by atoms with van der Waals surface area (Å²) in [6, 6.07) is 11.1. The Morgan fingerprint density at radius 3 is 2.91 bits per heavy atom. The van der Waals surface area contributed by atoms with Crippen molar-refractivity contribution in [2.24, 2.45) is 4.99 Å². The van der Waals surface area contributed by atoms with Gasteiger partial charge in [-0.25, -0.2) is 4.99 Å². The van der Waals surface area contributed by atoms with Crippen molar-refractivity contribution in [3.63, 3.8) is 0 Å². The molecule has 1 aliphatic carbocycles. The fourth-order valence-corrected chi connectivity index (χ4v) is 2.32. The second kappa shape index (κ2) is 7.11. The monoisotopic (exact) mass is 297 g/mol. The molecule has 0 unspecified atom stereocenters. The lowest BCUT2D eigenvalue weighted by Crippen LogP contribution is -2.38. The lowest BCUT2D eigenvalue weighted by atomic mass is 10.1. The summed E-state index contributed by atoms with van der Waals surface area (Å²) in [4.78, 5) is 4.67. The van der Waals surface area contributed by atoms with Gasteiger partial charge in [0, 0.05) is 25.0 Å². The van der Waals surface area contributed by atoms with E-state index in [0.29, 0.717) is 12.6 Å². The topological polar surface area (TPSA) is 54.2 Å². The van der Waals surface area contributed by atoms with Crippen molar-refractivity contribution in [2.75, 3.05) is 6.54 Å². The number of aromatic nitrogens is 2. The van der Waals surface area contributed by atoms with Gasteiger partial charge in [-0.2, -0.15) is 5.10 Å². The molecule has 1 aliphatic rings. The van der Waals surface area contributed by atoms with E-state index in [-0.39, 0.29) is 0 Å². The van der Waals surface area contributed by atoms with Gasteiger partial charge in [0.1, 0.15) is 0 Å². The molecule has 2 N–H and O–H groups in total. The highest BCUT2D eigenvalue weighted by atomic mass is 15.3. The molecule has 0 saturated heterocycles. The highest BCUT2D eigenvalue weighted by Crippen LogP contribution is 2.18. The molecule has 1 heterocycles. The Balaban J connectivity index is 1.63. The van der Waals surface area contributed by atoms with Gasteiger partial charge < -0.3 is 10.6 Å². The minimum Gasteiger partial charge on any atom is -0.357 e. The Kier molecular flexibility index (Phi) is 4.73. The highest BCUT2D eigenvalue weighted by Gasteiger charge is 2.21. The van der Waals surface area contributed by atoms with Crippen molar-refractivity contribution < 1.29 is 0 Å². The first kappa shape index (κ1) is 14.6. The number of aliphatic imine (C=N–C) groups is 1. The Labute approximate surface area is 131 Å². The van der Waals surface area contributed by atoms with Crippen molar-refractivity contribution in [3.8, 4) is 0 Å². The van der Waals surface area contributed by atoms with Crippen LogP contribution in [0.25, 0.3) is 0 Å². The summed E-state index contributed by atoms with van der Waals surface area (Å²) in [7, 11) is 0. The Hall–Kier alpha value is -2.30. The molecule has 5 nitrogen and oxygen atoms in total. The van der Waals surface area contributed by atoms with Crippen LogP contribution in [-0.4, -0.2) is 28.3 Å².